The SMILES string of the molecule is CCCS(=O)(=O)N1CCCN(C(=O)COc2cccc(C)c2)CC1. The molecule has 0 spiro atoms. The summed E-state index contributed by atoms with van der Waals surface area (Å²) in [6.45, 7) is 5.62. The van der Waals surface area contributed by atoms with Crippen LogP contribution in [0.3, 0.4) is 0 Å². The summed E-state index contributed by atoms with van der Waals surface area (Å²) in [6, 6.07) is 7.56. The number of sulfonamides is 1. The number of hydrogen-bond acceptors (Lipinski definition) is 4. The van der Waals surface area contributed by atoms with Gasteiger partial charge in [0.25, 0.3) is 5.91 Å². The van der Waals surface area contributed by atoms with E-state index in [4.69, 9.17) is 4.74 Å². The quantitative estimate of drug-likeness (QED) is 0.779. The highest BCUT2D eigenvalue weighted by Crippen LogP contribution is 2.13. The molecule has 0 aliphatic carbocycles. The monoisotopic (exact) mass is 354 g/mol. The molecule has 0 unspecified atom stereocenters. The molecular weight excluding hydrogens is 328 g/mol. The molecule has 0 atom stereocenters. The van der Waals surface area contributed by atoms with E-state index < -0.39 is 10.0 Å². The lowest BCUT2D eigenvalue weighted by Crippen LogP contribution is -2.39. The lowest BCUT2D eigenvalue weighted by molar-refractivity contribution is -0.133. The third kappa shape index (κ3) is 5.21. The van der Waals surface area contributed by atoms with Crippen LogP contribution in [0.15, 0.2) is 24.3 Å². The predicted molar refractivity (Wildman–Crippen MR) is 93.5 cm³/mol. The molecule has 0 radical (unpaired) electrons. The van der Waals surface area contributed by atoms with Crippen molar-refractivity contribution in [1.82, 2.24) is 9.21 Å². The number of ether oxygens (including phenoxy) is 1. The van der Waals surface area contributed by atoms with E-state index in [0.717, 1.165) is 5.56 Å². The number of nitrogens with zero attached hydrogens (tertiary/aromatic N) is 2. The van der Waals surface area contributed by atoms with E-state index in [1.54, 1.807) is 4.90 Å². The van der Waals surface area contributed by atoms with Crippen LogP contribution in [0.5, 0.6) is 5.75 Å². The average Bonchev–Trinajstić information content (AvgIpc) is 2.79. The molecule has 1 aromatic carbocycles. The van der Waals surface area contributed by atoms with Crippen molar-refractivity contribution in [2.24, 2.45) is 0 Å². The van der Waals surface area contributed by atoms with Gasteiger partial charge in [-0.2, -0.15) is 0 Å². The van der Waals surface area contributed by atoms with Gasteiger partial charge in [0, 0.05) is 26.2 Å². The molecule has 1 fully saturated rings. The van der Waals surface area contributed by atoms with Crippen molar-refractivity contribution >= 4 is 15.9 Å². The summed E-state index contributed by atoms with van der Waals surface area (Å²) in [5.41, 5.74) is 1.08. The number of hydrogen-bond donors (Lipinski definition) is 0. The van der Waals surface area contributed by atoms with Crippen molar-refractivity contribution in [3.63, 3.8) is 0 Å². The largest absolute Gasteiger partial charge is 0.484 e. The molecule has 1 saturated heterocycles. The fourth-order valence-corrected chi connectivity index (χ4v) is 4.29. The second-order valence-corrected chi connectivity index (χ2v) is 8.14. The van der Waals surface area contributed by atoms with Gasteiger partial charge in [-0.25, -0.2) is 12.7 Å². The summed E-state index contributed by atoms with van der Waals surface area (Å²) in [6.07, 6.45) is 1.25. The first-order chi connectivity index (χ1) is 11.4. The third-order valence-corrected chi connectivity index (χ3v) is 6.09. The predicted octanol–water partition coefficient (Wildman–Crippen LogP) is 1.65. The zero-order valence-corrected chi connectivity index (χ0v) is 15.2. The first-order valence-electron chi connectivity index (χ1n) is 8.37. The summed E-state index contributed by atoms with van der Waals surface area (Å²) < 4.78 is 31.4. The molecular formula is C17H26N2O4S. The minimum atomic E-state index is -3.20. The van der Waals surface area contributed by atoms with Crippen LogP contribution < -0.4 is 4.74 Å². The maximum absolute atomic E-state index is 12.3. The Morgan fingerprint density at radius 3 is 2.71 bits per heavy atom. The average molecular weight is 354 g/mol. The Labute approximate surface area is 144 Å². The van der Waals surface area contributed by atoms with Crippen LogP contribution in [-0.4, -0.2) is 62.1 Å². The van der Waals surface area contributed by atoms with Gasteiger partial charge in [0.2, 0.25) is 10.0 Å². The maximum atomic E-state index is 12.3. The molecule has 1 aromatic rings. The van der Waals surface area contributed by atoms with Gasteiger partial charge in [-0.1, -0.05) is 19.1 Å². The Kier molecular flexibility index (Phi) is 6.62. The zero-order chi connectivity index (χ0) is 17.6. The van der Waals surface area contributed by atoms with Crippen molar-refractivity contribution in [2.45, 2.75) is 26.7 Å². The van der Waals surface area contributed by atoms with E-state index in [-0.39, 0.29) is 18.3 Å². The van der Waals surface area contributed by atoms with Gasteiger partial charge in [0.05, 0.1) is 5.75 Å². The van der Waals surface area contributed by atoms with Gasteiger partial charge in [-0.15, -0.1) is 0 Å². The van der Waals surface area contributed by atoms with Gasteiger partial charge in [0.15, 0.2) is 6.61 Å². The molecule has 2 rings (SSSR count). The van der Waals surface area contributed by atoms with Gasteiger partial charge in [0.1, 0.15) is 5.75 Å². The number of benzene rings is 1. The van der Waals surface area contributed by atoms with E-state index >= 15 is 0 Å². The van der Waals surface area contributed by atoms with Crippen molar-refractivity contribution in [1.29, 1.82) is 0 Å². The first kappa shape index (κ1) is 18.7. The van der Waals surface area contributed by atoms with Crippen LogP contribution in [0.1, 0.15) is 25.3 Å². The summed E-state index contributed by atoms with van der Waals surface area (Å²) >= 11 is 0. The van der Waals surface area contributed by atoms with Crippen molar-refractivity contribution in [2.75, 3.05) is 38.5 Å². The molecule has 1 aliphatic heterocycles. The highest BCUT2D eigenvalue weighted by Gasteiger charge is 2.26. The highest BCUT2D eigenvalue weighted by atomic mass is 32.2. The van der Waals surface area contributed by atoms with Crippen molar-refractivity contribution in [3.05, 3.63) is 29.8 Å². The number of carbonyl (C=O) groups excluding carboxylic acids is 1. The van der Waals surface area contributed by atoms with Crippen LogP contribution in [0.2, 0.25) is 0 Å². The molecule has 1 aliphatic rings. The molecule has 134 valence electrons. The molecule has 24 heavy (non-hydrogen) atoms. The van der Waals surface area contributed by atoms with Crippen LogP contribution in [-0.2, 0) is 14.8 Å². The Bertz CT molecular complexity index is 660. The molecule has 0 aromatic heterocycles. The van der Waals surface area contributed by atoms with Crippen molar-refractivity contribution in [3.8, 4) is 5.75 Å². The Hall–Kier alpha value is -1.60. The standard InChI is InChI=1S/C17H26N2O4S/c1-3-12-24(21,22)19-9-5-8-18(10-11-19)17(20)14-23-16-7-4-6-15(2)13-16/h4,6-7,13H,3,5,8-12,14H2,1-2H3. The van der Waals surface area contributed by atoms with Crippen LogP contribution in [0, 0.1) is 6.92 Å². The summed E-state index contributed by atoms with van der Waals surface area (Å²) in [4.78, 5) is 14.0. The van der Waals surface area contributed by atoms with Gasteiger partial charge >= 0.3 is 0 Å². The van der Waals surface area contributed by atoms with Crippen LogP contribution in [0.25, 0.3) is 0 Å². The van der Waals surface area contributed by atoms with E-state index in [1.807, 2.05) is 38.1 Å². The van der Waals surface area contributed by atoms with E-state index in [0.29, 0.717) is 44.8 Å². The van der Waals surface area contributed by atoms with E-state index in [2.05, 4.69) is 0 Å². The normalized spacial score (nSPS) is 16.7. The van der Waals surface area contributed by atoms with Crippen LogP contribution >= 0.6 is 0 Å². The minimum Gasteiger partial charge on any atom is -0.484 e. The first-order valence-corrected chi connectivity index (χ1v) is 9.98. The lowest BCUT2D eigenvalue weighted by Gasteiger charge is -2.22. The second kappa shape index (κ2) is 8.48. The van der Waals surface area contributed by atoms with Gasteiger partial charge in [-0.3, -0.25) is 4.79 Å². The number of aryl methyl sites for hydroxylation is 1. The van der Waals surface area contributed by atoms with Crippen LogP contribution in [0.4, 0.5) is 0 Å². The second-order valence-electron chi connectivity index (χ2n) is 6.05. The third-order valence-electron chi connectivity index (χ3n) is 4.01. The Morgan fingerprint density at radius 2 is 2.00 bits per heavy atom. The number of rotatable bonds is 6. The molecule has 0 bridgehead atoms. The van der Waals surface area contributed by atoms with Crippen molar-refractivity contribution < 1.29 is 17.9 Å². The minimum absolute atomic E-state index is 0.0227. The summed E-state index contributed by atoms with van der Waals surface area (Å²) in [5, 5.41) is 0. The summed E-state index contributed by atoms with van der Waals surface area (Å²) in [7, 11) is -3.20. The maximum Gasteiger partial charge on any atom is 0.260 e. The zero-order valence-electron chi connectivity index (χ0n) is 14.4. The smallest absolute Gasteiger partial charge is 0.260 e. The Balaban J connectivity index is 1.88. The molecule has 0 saturated carbocycles. The van der Waals surface area contributed by atoms with E-state index in [1.165, 1.54) is 4.31 Å². The molecule has 6 nitrogen and oxygen atoms in total. The molecule has 1 heterocycles. The van der Waals surface area contributed by atoms with E-state index in [9.17, 15) is 13.2 Å². The van der Waals surface area contributed by atoms with Gasteiger partial charge in [-0.05, 0) is 37.5 Å². The lowest BCUT2D eigenvalue weighted by atomic mass is 10.2. The number of amides is 1. The Morgan fingerprint density at radius 1 is 1.21 bits per heavy atom. The molecule has 1 amide bonds. The highest BCUT2D eigenvalue weighted by molar-refractivity contribution is 7.89. The number of carbonyl (C=O) groups is 1. The van der Waals surface area contributed by atoms with Gasteiger partial charge < -0.3 is 9.64 Å². The fraction of sp³-hybridized carbons (Fsp3) is 0.588. The topological polar surface area (TPSA) is 66.9 Å². The molecule has 7 heteroatoms. The summed E-state index contributed by atoms with van der Waals surface area (Å²) in [5.74, 6) is 0.730. The fourth-order valence-electron chi connectivity index (χ4n) is 2.75. The molecule has 0 N–H and O–H groups in total.